The summed E-state index contributed by atoms with van der Waals surface area (Å²) < 4.78 is 11.3. The Hall–Kier alpha value is -1.91. The van der Waals surface area contributed by atoms with Gasteiger partial charge < -0.3 is 20.9 Å². The number of para-hydroxylation sites is 2. The van der Waals surface area contributed by atoms with Crippen molar-refractivity contribution in [1.29, 1.82) is 0 Å². The molecule has 5 heteroatoms. The second-order valence-corrected chi connectivity index (χ2v) is 3.71. The molecule has 2 rings (SSSR count). The normalized spacial score (nSPS) is 19.9. The summed E-state index contributed by atoms with van der Waals surface area (Å²) in [5.41, 5.74) is 10.7. The average Bonchev–Trinajstić information content (AvgIpc) is 2.27. The lowest BCUT2D eigenvalue weighted by Gasteiger charge is -2.28. The van der Waals surface area contributed by atoms with E-state index in [1.807, 2.05) is 31.2 Å². The van der Waals surface area contributed by atoms with E-state index in [0.717, 1.165) is 11.5 Å². The Labute approximate surface area is 94.1 Å². The molecule has 1 aliphatic heterocycles. The standard InChI is InChI=1S/C11H15N3O2/c1-7(14-11(12)13)10-6-15-8-4-2-3-5-9(8)16-10/h2-5,7,10H,6H2,1H3,(H4,12,13,14). The molecular formula is C11H15N3O2. The molecule has 0 spiro atoms. The number of ether oxygens (including phenoxy) is 2. The van der Waals surface area contributed by atoms with Crippen molar-refractivity contribution in [2.45, 2.75) is 19.1 Å². The molecule has 16 heavy (non-hydrogen) atoms. The zero-order valence-electron chi connectivity index (χ0n) is 9.09. The lowest BCUT2D eigenvalue weighted by Crippen LogP contribution is -2.39. The predicted octanol–water partition coefficient (Wildman–Crippen LogP) is 0.488. The zero-order chi connectivity index (χ0) is 11.5. The van der Waals surface area contributed by atoms with Gasteiger partial charge in [-0.2, -0.15) is 0 Å². The highest BCUT2D eigenvalue weighted by Crippen LogP contribution is 2.31. The van der Waals surface area contributed by atoms with Gasteiger partial charge in [0.15, 0.2) is 23.6 Å². The molecule has 0 aromatic heterocycles. The number of aliphatic imine (C=N–C) groups is 1. The first-order valence-corrected chi connectivity index (χ1v) is 5.14. The molecule has 0 fully saturated rings. The van der Waals surface area contributed by atoms with Gasteiger partial charge in [0, 0.05) is 0 Å². The van der Waals surface area contributed by atoms with Crippen molar-refractivity contribution >= 4 is 5.96 Å². The maximum Gasteiger partial charge on any atom is 0.186 e. The minimum absolute atomic E-state index is 0.0648. The van der Waals surface area contributed by atoms with Gasteiger partial charge in [0.1, 0.15) is 6.61 Å². The van der Waals surface area contributed by atoms with E-state index in [-0.39, 0.29) is 18.1 Å². The summed E-state index contributed by atoms with van der Waals surface area (Å²) in [6.45, 7) is 2.34. The maximum atomic E-state index is 5.75. The molecule has 2 atom stereocenters. The highest BCUT2D eigenvalue weighted by atomic mass is 16.6. The van der Waals surface area contributed by atoms with E-state index >= 15 is 0 Å². The Morgan fingerprint density at radius 3 is 2.75 bits per heavy atom. The van der Waals surface area contributed by atoms with Gasteiger partial charge in [-0.25, -0.2) is 4.99 Å². The first-order valence-electron chi connectivity index (χ1n) is 5.14. The fraction of sp³-hybridized carbons (Fsp3) is 0.364. The minimum atomic E-state index is -0.156. The van der Waals surface area contributed by atoms with Crippen molar-refractivity contribution in [1.82, 2.24) is 0 Å². The highest BCUT2D eigenvalue weighted by Gasteiger charge is 2.25. The number of benzene rings is 1. The summed E-state index contributed by atoms with van der Waals surface area (Å²) in [5.74, 6) is 1.56. The van der Waals surface area contributed by atoms with Gasteiger partial charge in [0.25, 0.3) is 0 Å². The Morgan fingerprint density at radius 1 is 1.38 bits per heavy atom. The van der Waals surface area contributed by atoms with Crippen LogP contribution in [0.3, 0.4) is 0 Å². The number of guanidine groups is 1. The highest BCUT2D eigenvalue weighted by molar-refractivity contribution is 5.75. The van der Waals surface area contributed by atoms with E-state index in [1.165, 1.54) is 0 Å². The van der Waals surface area contributed by atoms with Gasteiger partial charge in [0.2, 0.25) is 0 Å². The van der Waals surface area contributed by atoms with Gasteiger partial charge in [-0.1, -0.05) is 12.1 Å². The molecule has 0 saturated heterocycles. The molecule has 0 aliphatic carbocycles. The van der Waals surface area contributed by atoms with E-state index in [0.29, 0.717) is 6.61 Å². The van der Waals surface area contributed by atoms with Crippen LogP contribution in [-0.2, 0) is 0 Å². The van der Waals surface area contributed by atoms with Crippen molar-refractivity contribution in [3.63, 3.8) is 0 Å². The first-order chi connectivity index (χ1) is 7.66. The SMILES string of the molecule is CC(N=C(N)N)C1COc2ccccc2O1. The van der Waals surface area contributed by atoms with Crippen LogP contribution in [-0.4, -0.2) is 24.7 Å². The van der Waals surface area contributed by atoms with Crippen molar-refractivity contribution in [2.75, 3.05) is 6.61 Å². The molecule has 1 heterocycles. The number of nitrogens with two attached hydrogens (primary N) is 2. The molecule has 86 valence electrons. The second-order valence-electron chi connectivity index (χ2n) is 3.71. The van der Waals surface area contributed by atoms with E-state index < -0.39 is 0 Å². The second kappa shape index (κ2) is 4.30. The van der Waals surface area contributed by atoms with Crippen molar-refractivity contribution in [3.05, 3.63) is 24.3 Å². The first kappa shape index (κ1) is 10.6. The molecule has 0 saturated carbocycles. The third kappa shape index (κ3) is 2.18. The van der Waals surface area contributed by atoms with E-state index in [4.69, 9.17) is 20.9 Å². The van der Waals surface area contributed by atoms with Gasteiger partial charge in [0.05, 0.1) is 6.04 Å². The number of hydrogen-bond donors (Lipinski definition) is 2. The summed E-state index contributed by atoms with van der Waals surface area (Å²) >= 11 is 0. The third-order valence-corrected chi connectivity index (χ3v) is 2.42. The number of fused-ring (bicyclic) bond motifs is 1. The molecule has 0 amide bonds. The molecule has 1 aliphatic rings. The van der Waals surface area contributed by atoms with Crippen LogP contribution < -0.4 is 20.9 Å². The molecule has 2 unspecified atom stereocenters. The molecule has 4 N–H and O–H groups in total. The average molecular weight is 221 g/mol. The van der Waals surface area contributed by atoms with E-state index in [9.17, 15) is 0 Å². The topological polar surface area (TPSA) is 82.9 Å². The summed E-state index contributed by atoms with van der Waals surface area (Å²) in [7, 11) is 0. The van der Waals surface area contributed by atoms with Crippen LogP contribution in [0.1, 0.15) is 6.92 Å². The van der Waals surface area contributed by atoms with Crippen molar-refractivity contribution in [3.8, 4) is 11.5 Å². The van der Waals surface area contributed by atoms with Gasteiger partial charge >= 0.3 is 0 Å². The van der Waals surface area contributed by atoms with Crippen LogP contribution in [0, 0.1) is 0 Å². The lowest BCUT2D eigenvalue weighted by atomic mass is 10.2. The molecule has 0 radical (unpaired) electrons. The van der Waals surface area contributed by atoms with E-state index in [1.54, 1.807) is 0 Å². The minimum Gasteiger partial charge on any atom is -0.486 e. The molecule has 1 aromatic rings. The quantitative estimate of drug-likeness (QED) is 0.562. The summed E-state index contributed by atoms with van der Waals surface area (Å²) in [6, 6.07) is 7.41. The molecule has 1 aromatic carbocycles. The number of hydrogen-bond acceptors (Lipinski definition) is 3. The Balaban J connectivity index is 2.11. The van der Waals surface area contributed by atoms with E-state index in [2.05, 4.69) is 4.99 Å². The van der Waals surface area contributed by atoms with Gasteiger partial charge in [-0.05, 0) is 19.1 Å². The van der Waals surface area contributed by atoms with Gasteiger partial charge in [-0.15, -0.1) is 0 Å². The summed E-state index contributed by atoms with van der Waals surface area (Å²) in [5, 5.41) is 0. The molecule has 5 nitrogen and oxygen atoms in total. The fourth-order valence-electron chi connectivity index (χ4n) is 1.59. The Morgan fingerprint density at radius 2 is 2.06 bits per heavy atom. The van der Waals surface area contributed by atoms with Crippen LogP contribution >= 0.6 is 0 Å². The lowest BCUT2D eigenvalue weighted by molar-refractivity contribution is 0.0770. The predicted molar refractivity (Wildman–Crippen MR) is 61.6 cm³/mol. The number of rotatable bonds is 2. The van der Waals surface area contributed by atoms with Crippen molar-refractivity contribution in [2.24, 2.45) is 16.5 Å². The fourth-order valence-corrected chi connectivity index (χ4v) is 1.59. The smallest absolute Gasteiger partial charge is 0.186 e. The maximum absolute atomic E-state index is 5.75. The largest absolute Gasteiger partial charge is 0.486 e. The summed E-state index contributed by atoms with van der Waals surface area (Å²) in [6.07, 6.45) is -0.156. The molecular weight excluding hydrogens is 206 g/mol. The number of nitrogens with zero attached hydrogens (tertiary/aromatic N) is 1. The van der Waals surface area contributed by atoms with Crippen LogP contribution in [0.5, 0.6) is 11.5 Å². The Kier molecular flexibility index (Phi) is 2.85. The zero-order valence-corrected chi connectivity index (χ0v) is 9.09. The van der Waals surface area contributed by atoms with Crippen LogP contribution in [0.25, 0.3) is 0 Å². The van der Waals surface area contributed by atoms with Gasteiger partial charge in [-0.3, -0.25) is 0 Å². The molecule has 0 bridgehead atoms. The Bertz CT molecular complexity index is 402. The van der Waals surface area contributed by atoms with Crippen LogP contribution in [0.15, 0.2) is 29.3 Å². The summed E-state index contributed by atoms with van der Waals surface area (Å²) in [4.78, 5) is 4.04. The van der Waals surface area contributed by atoms with Crippen molar-refractivity contribution < 1.29 is 9.47 Å². The third-order valence-electron chi connectivity index (χ3n) is 2.42. The van der Waals surface area contributed by atoms with Crippen LogP contribution in [0.2, 0.25) is 0 Å². The monoisotopic (exact) mass is 221 g/mol. The van der Waals surface area contributed by atoms with Crippen LogP contribution in [0.4, 0.5) is 0 Å².